The Balaban J connectivity index is 1.76. The van der Waals surface area contributed by atoms with Crippen LogP contribution in [-0.2, 0) is 4.74 Å². The number of rotatable bonds is 5. The third-order valence-corrected chi connectivity index (χ3v) is 5.74. The quantitative estimate of drug-likeness (QED) is 0.611. The molecule has 0 N–H and O–H groups in total. The van der Waals surface area contributed by atoms with Crippen molar-refractivity contribution in [1.29, 1.82) is 0 Å². The highest BCUT2D eigenvalue weighted by Crippen LogP contribution is 2.36. The van der Waals surface area contributed by atoms with E-state index in [0.717, 1.165) is 29.7 Å². The van der Waals surface area contributed by atoms with E-state index in [2.05, 4.69) is 20.8 Å². The number of hydrogen-bond donors (Lipinski definition) is 0. The Labute approximate surface area is 162 Å². The molecular formula is C24H30O3. The van der Waals surface area contributed by atoms with Crippen LogP contribution in [-0.4, -0.2) is 19.2 Å². The number of carbonyl (C=O) groups is 1. The topological polar surface area (TPSA) is 35.5 Å². The zero-order chi connectivity index (χ0) is 19.4. The second-order valence-electron chi connectivity index (χ2n) is 8.08. The summed E-state index contributed by atoms with van der Waals surface area (Å²) in [5.41, 5.74) is 2.67. The van der Waals surface area contributed by atoms with Crippen molar-refractivity contribution in [2.24, 2.45) is 17.8 Å². The van der Waals surface area contributed by atoms with Gasteiger partial charge in [0, 0.05) is 0 Å². The van der Waals surface area contributed by atoms with E-state index in [0.29, 0.717) is 23.3 Å². The molecule has 0 aliphatic heterocycles. The van der Waals surface area contributed by atoms with Crippen molar-refractivity contribution in [3.63, 3.8) is 0 Å². The van der Waals surface area contributed by atoms with Gasteiger partial charge in [0.25, 0.3) is 0 Å². The summed E-state index contributed by atoms with van der Waals surface area (Å²) < 4.78 is 11.2. The van der Waals surface area contributed by atoms with Crippen molar-refractivity contribution >= 4 is 5.97 Å². The lowest BCUT2D eigenvalue weighted by Crippen LogP contribution is -2.35. The minimum absolute atomic E-state index is 0.0193. The summed E-state index contributed by atoms with van der Waals surface area (Å²) in [6.07, 6.45) is 3.35. The summed E-state index contributed by atoms with van der Waals surface area (Å²) in [5.74, 6) is 2.20. The van der Waals surface area contributed by atoms with E-state index in [1.165, 1.54) is 6.42 Å². The molecule has 0 radical (unpaired) electrons. The van der Waals surface area contributed by atoms with Crippen LogP contribution in [0.4, 0.5) is 0 Å². The zero-order valence-corrected chi connectivity index (χ0v) is 16.8. The van der Waals surface area contributed by atoms with Gasteiger partial charge < -0.3 is 9.47 Å². The Morgan fingerprint density at radius 1 is 1.04 bits per heavy atom. The first-order chi connectivity index (χ1) is 13.0. The van der Waals surface area contributed by atoms with E-state index in [1.807, 2.05) is 48.5 Å². The van der Waals surface area contributed by atoms with Gasteiger partial charge in [-0.2, -0.15) is 0 Å². The molecule has 1 saturated carbocycles. The summed E-state index contributed by atoms with van der Waals surface area (Å²) in [6.45, 7) is 6.71. The van der Waals surface area contributed by atoms with Gasteiger partial charge in [0.05, 0.1) is 12.7 Å². The highest BCUT2D eigenvalue weighted by Gasteiger charge is 2.33. The molecule has 1 aliphatic rings. The highest BCUT2D eigenvalue weighted by molar-refractivity contribution is 5.91. The Hall–Kier alpha value is -2.29. The van der Waals surface area contributed by atoms with Gasteiger partial charge in [-0.3, -0.25) is 0 Å². The summed E-state index contributed by atoms with van der Waals surface area (Å²) in [4.78, 5) is 12.8. The van der Waals surface area contributed by atoms with Crippen molar-refractivity contribution in [3.8, 4) is 16.9 Å². The third-order valence-electron chi connectivity index (χ3n) is 5.74. The molecule has 0 bridgehead atoms. The number of methoxy groups -OCH3 is 1. The van der Waals surface area contributed by atoms with Crippen LogP contribution in [0.25, 0.3) is 11.1 Å². The molecule has 2 aromatic carbocycles. The minimum Gasteiger partial charge on any atom is -0.497 e. The highest BCUT2D eigenvalue weighted by atomic mass is 16.5. The fourth-order valence-electron chi connectivity index (χ4n) is 4.06. The van der Waals surface area contributed by atoms with Crippen molar-refractivity contribution in [2.45, 2.75) is 46.1 Å². The second kappa shape index (κ2) is 8.60. The van der Waals surface area contributed by atoms with E-state index >= 15 is 0 Å². The van der Waals surface area contributed by atoms with Crippen LogP contribution in [0.1, 0.15) is 50.4 Å². The molecule has 0 amide bonds. The van der Waals surface area contributed by atoms with Gasteiger partial charge in [-0.15, -0.1) is 0 Å². The lowest BCUT2D eigenvalue weighted by molar-refractivity contribution is -0.0174. The molecule has 27 heavy (non-hydrogen) atoms. The average Bonchev–Trinajstić information content (AvgIpc) is 2.68. The molecule has 0 saturated heterocycles. The monoisotopic (exact) mass is 366 g/mol. The lowest BCUT2D eigenvalue weighted by Gasteiger charge is -2.36. The van der Waals surface area contributed by atoms with E-state index in [-0.39, 0.29) is 12.1 Å². The van der Waals surface area contributed by atoms with Gasteiger partial charge in [0.1, 0.15) is 11.9 Å². The van der Waals surface area contributed by atoms with Gasteiger partial charge in [-0.05, 0) is 66.0 Å². The van der Waals surface area contributed by atoms with E-state index in [1.54, 1.807) is 7.11 Å². The van der Waals surface area contributed by atoms with E-state index in [9.17, 15) is 4.79 Å². The molecular weight excluding hydrogens is 336 g/mol. The first-order valence-electron chi connectivity index (χ1n) is 9.93. The standard InChI is InChI=1S/C24H30O3/c1-16(2)22-13-8-17(3)14-23(22)27-24(25)20-7-5-6-19(15-20)18-9-11-21(26-4)12-10-18/h5-7,9-12,15-17,22-23H,8,13-14H2,1-4H3. The fraction of sp³-hybridized carbons (Fsp3) is 0.458. The number of carbonyl (C=O) groups excluding carboxylic acids is 1. The Bertz CT molecular complexity index is 763. The maximum absolute atomic E-state index is 12.8. The molecule has 3 rings (SSSR count). The van der Waals surface area contributed by atoms with Crippen molar-refractivity contribution in [2.75, 3.05) is 7.11 Å². The third kappa shape index (κ3) is 4.71. The zero-order valence-electron chi connectivity index (χ0n) is 16.8. The van der Waals surface area contributed by atoms with Gasteiger partial charge in [-0.1, -0.05) is 51.5 Å². The van der Waals surface area contributed by atoms with Crippen molar-refractivity contribution in [3.05, 3.63) is 54.1 Å². The summed E-state index contributed by atoms with van der Waals surface area (Å²) in [5, 5.41) is 0. The van der Waals surface area contributed by atoms with Crippen LogP contribution in [0.5, 0.6) is 5.75 Å². The van der Waals surface area contributed by atoms with Crippen LogP contribution in [0.2, 0.25) is 0 Å². The van der Waals surface area contributed by atoms with Gasteiger partial charge in [0.15, 0.2) is 0 Å². The minimum atomic E-state index is -0.213. The number of hydrogen-bond acceptors (Lipinski definition) is 3. The molecule has 1 aliphatic carbocycles. The maximum Gasteiger partial charge on any atom is 0.338 e. The smallest absolute Gasteiger partial charge is 0.338 e. The van der Waals surface area contributed by atoms with E-state index < -0.39 is 0 Å². The molecule has 3 atom stereocenters. The van der Waals surface area contributed by atoms with Crippen LogP contribution < -0.4 is 4.74 Å². The van der Waals surface area contributed by atoms with Crippen LogP contribution >= 0.6 is 0 Å². The first kappa shape index (κ1) is 19.5. The first-order valence-corrected chi connectivity index (χ1v) is 9.93. The molecule has 0 aromatic heterocycles. The van der Waals surface area contributed by atoms with Gasteiger partial charge >= 0.3 is 5.97 Å². The van der Waals surface area contributed by atoms with E-state index in [4.69, 9.17) is 9.47 Å². The predicted molar refractivity (Wildman–Crippen MR) is 109 cm³/mol. The SMILES string of the molecule is COc1ccc(-c2cccc(C(=O)OC3CC(C)CCC3C(C)C)c2)cc1. The van der Waals surface area contributed by atoms with Crippen molar-refractivity contribution < 1.29 is 14.3 Å². The summed E-state index contributed by atoms with van der Waals surface area (Å²) in [7, 11) is 1.65. The van der Waals surface area contributed by atoms with Gasteiger partial charge in [0.2, 0.25) is 0 Å². The number of esters is 1. The predicted octanol–water partition coefficient (Wildman–Crippen LogP) is 5.98. The molecule has 3 nitrogen and oxygen atoms in total. The normalized spacial score (nSPS) is 22.5. The molecule has 0 spiro atoms. The fourth-order valence-corrected chi connectivity index (χ4v) is 4.06. The number of ether oxygens (including phenoxy) is 2. The molecule has 1 fully saturated rings. The van der Waals surface area contributed by atoms with Crippen LogP contribution in [0.3, 0.4) is 0 Å². The lowest BCUT2D eigenvalue weighted by atomic mass is 9.75. The maximum atomic E-state index is 12.8. The Kier molecular flexibility index (Phi) is 6.20. The Morgan fingerprint density at radius 3 is 2.44 bits per heavy atom. The average molecular weight is 367 g/mol. The molecule has 144 valence electrons. The largest absolute Gasteiger partial charge is 0.497 e. The number of benzene rings is 2. The summed E-state index contributed by atoms with van der Waals surface area (Å²) >= 11 is 0. The Morgan fingerprint density at radius 2 is 1.78 bits per heavy atom. The van der Waals surface area contributed by atoms with Crippen LogP contribution in [0, 0.1) is 17.8 Å². The second-order valence-corrected chi connectivity index (χ2v) is 8.08. The van der Waals surface area contributed by atoms with Crippen LogP contribution in [0.15, 0.2) is 48.5 Å². The molecule has 3 heteroatoms. The summed E-state index contributed by atoms with van der Waals surface area (Å²) in [6, 6.07) is 15.5. The molecule has 2 aromatic rings. The van der Waals surface area contributed by atoms with Gasteiger partial charge in [-0.25, -0.2) is 4.79 Å². The molecule has 3 unspecified atom stereocenters. The van der Waals surface area contributed by atoms with Crippen molar-refractivity contribution in [1.82, 2.24) is 0 Å². The molecule has 0 heterocycles.